The first kappa shape index (κ1) is 15.5. The van der Waals surface area contributed by atoms with Gasteiger partial charge in [0.1, 0.15) is 6.54 Å². The number of amides is 2. The predicted octanol–water partition coefficient (Wildman–Crippen LogP) is 1.00. The van der Waals surface area contributed by atoms with Gasteiger partial charge in [-0.05, 0) is 24.3 Å². The van der Waals surface area contributed by atoms with Gasteiger partial charge in [0.2, 0.25) is 0 Å². The number of halogens is 3. The standard InChI is InChI=1S/C11H9F3N2O4/c12-11(13,14)10(20)16-7-3-1-6(2-4-7)9(19)15-5-8(17)18/h1-4H,5H2,(H,15,19)(H,16,20)(H,17,18). The van der Waals surface area contributed by atoms with Crippen molar-refractivity contribution in [3.8, 4) is 0 Å². The van der Waals surface area contributed by atoms with Gasteiger partial charge < -0.3 is 15.7 Å². The van der Waals surface area contributed by atoms with E-state index in [1.165, 1.54) is 0 Å². The second kappa shape index (κ2) is 6.04. The van der Waals surface area contributed by atoms with Crippen LogP contribution in [0.4, 0.5) is 18.9 Å². The monoisotopic (exact) mass is 290 g/mol. The first-order valence-corrected chi connectivity index (χ1v) is 5.18. The number of rotatable bonds is 4. The molecule has 0 saturated heterocycles. The quantitative estimate of drug-likeness (QED) is 0.771. The molecule has 6 nitrogen and oxygen atoms in total. The van der Waals surface area contributed by atoms with Crippen molar-refractivity contribution < 1.29 is 32.7 Å². The van der Waals surface area contributed by atoms with Gasteiger partial charge in [0.25, 0.3) is 5.91 Å². The molecule has 20 heavy (non-hydrogen) atoms. The lowest BCUT2D eigenvalue weighted by molar-refractivity contribution is -0.167. The van der Waals surface area contributed by atoms with Gasteiger partial charge >= 0.3 is 18.1 Å². The summed E-state index contributed by atoms with van der Waals surface area (Å²) in [5, 5.41) is 12.0. The molecule has 0 bridgehead atoms. The van der Waals surface area contributed by atoms with Crippen molar-refractivity contribution in [3.05, 3.63) is 29.8 Å². The highest BCUT2D eigenvalue weighted by Crippen LogP contribution is 2.18. The van der Waals surface area contributed by atoms with Gasteiger partial charge in [-0.1, -0.05) is 0 Å². The summed E-state index contributed by atoms with van der Waals surface area (Å²) >= 11 is 0. The lowest BCUT2D eigenvalue weighted by atomic mass is 10.2. The maximum absolute atomic E-state index is 12.0. The molecule has 0 heterocycles. The first-order chi connectivity index (χ1) is 9.20. The number of benzene rings is 1. The van der Waals surface area contributed by atoms with E-state index >= 15 is 0 Å². The second-order valence-corrected chi connectivity index (χ2v) is 3.61. The summed E-state index contributed by atoms with van der Waals surface area (Å²) in [4.78, 5) is 32.3. The molecule has 0 fully saturated rings. The number of carbonyl (C=O) groups excluding carboxylic acids is 2. The molecule has 108 valence electrons. The number of carboxylic acid groups (broad SMARTS) is 1. The van der Waals surface area contributed by atoms with Crippen molar-refractivity contribution in [1.82, 2.24) is 5.32 Å². The topological polar surface area (TPSA) is 95.5 Å². The lowest BCUT2D eigenvalue weighted by Gasteiger charge is -2.08. The van der Waals surface area contributed by atoms with Crippen LogP contribution in [0.2, 0.25) is 0 Å². The smallest absolute Gasteiger partial charge is 0.471 e. The molecule has 3 N–H and O–H groups in total. The van der Waals surface area contributed by atoms with Crippen molar-refractivity contribution in [2.75, 3.05) is 11.9 Å². The van der Waals surface area contributed by atoms with Crippen LogP contribution in [0.1, 0.15) is 10.4 Å². The number of carboxylic acids is 1. The molecular weight excluding hydrogens is 281 g/mol. The van der Waals surface area contributed by atoms with Crippen LogP contribution < -0.4 is 10.6 Å². The van der Waals surface area contributed by atoms with Gasteiger partial charge in [0.15, 0.2) is 0 Å². The third-order valence-corrected chi connectivity index (χ3v) is 2.06. The molecule has 2 amide bonds. The number of hydrogen-bond acceptors (Lipinski definition) is 3. The number of hydrogen-bond donors (Lipinski definition) is 3. The Morgan fingerprint density at radius 1 is 1.10 bits per heavy atom. The van der Waals surface area contributed by atoms with Crippen molar-refractivity contribution in [2.24, 2.45) is 0 Å². The molecule has 0 aliphatic carbocycles. The van der Waals surface area contributed by atoms with E-state index in [2.05, 4.69) is 5.32 Å². The average Bonchev–Trinajstić information content (AvgIpc) is 2.35. The van der Waals surface area contributed by atoms with Gasteiger partial charge in [0.05, 0.1) is 0 Å². The lowest BCUT2D eigenvalue weighted by Crippen LogP contribution is -2.30. The van der Waals surface area contributed by atoms with Crippen LogP contribution in [0.5, 0.6) is 0 Å². The van der Waals surface area contributed by atoms with E-state index in [0.717, 1.165) is 24.3 Å². The van der Waals surface area contributed by atoms with Gasteiger partial charge in [-0.3, -0.25) is 14.4 Å². The summed E-state index contributed by atoms with van der Waals surface area (Å²) in [6, 6.07) is 4.50. The van der Waals surface area contributed by atoms with E-state index < -0.39 is 30.5 Å². The van der Waals surface area contributed by atoms with Crippen LogP contribution in [0, 0.1) is 0 Å². The number of aliphatic carboxylic acids is 1. The molecule has 1 aromatic rings. The Balaban J connectivity index is 2.67. The van der Waals surface area contributed by atoms with Crippen LogP contribution in [0.3, 0.4) is 0 Å². The Hall–Kier alpha value is -2.58. The SMILES string of the molecule is O=C(O)CNC(=O)c1ccc(NC(=O)C(F)(F)F)cc1. The molecular formula is C11H9F3N2O4. The normalized spacial score (nSPS) is 10.8. The molecule has 1 rings (SSSR count). The van der Waals surface area contributed by atoms with E-state index in [4.69, 9.17) is 5.11 Å². The molecule has 0 aromatic heterocycles. The molecule has 1 aromatic carbocycles. The van der Waals surface area contributed by atoms with Gasteiger partial charge in [0, 0.05) is 11.3 Å². The van der Waals surface area contributed by atoms with Gasteiger partial charge in [-0.15, -0.1) is 0 Å². The third-order valence-electron chi connectivity index (χ3n) is 2.06. The van der Waals surface area contributed by atoms with E-state index in [1.54, 1.807) is 5.32 Å². The summed E-state index contributed by atoms with van der Waals surface area (Å²) in [7, 11) is 0. The minimum Gasteiger partial charge on any atom is -0.480 e. The maximum Gasteiger partial charge on any atom is 0.471 e. The molecule has 0 saturated carbocycles. The van der Waals surface area contributed by atoms with Crippen molar-refractivity contribution in [3.63, 3.8) is 0 Å². The van der Waals surface area contributed by atoms with E-state index in [1.807, 2.05) is 0 Å². The highest BCUT2D eigenvalue weighted by molar-refractivity contribution is 5.97. The predicted molar refractivity (Wildman–Crippen MR) is 61.1 cm³/mol. The average molecular weight is 290 g/mol. The minimum absolute atomic E-state index is 0.0521. The number of anilines is 1. The minimum atomic E-state index is -5.00. The van der Waals surface area contributed by atoms with Gasteiger partial charge in [-0.25, -0.2) is 0 Å². The zero-order valence-corrected chi connectivity index (χ0v) is 9.82. The molecule has 0 aliphatic rings. The number of nitrogens with one attached hydrogen (secondary N) is 2. The van der Waals surface area contributed by atoms with Crippen LogP contribution in [-0.2, 0) is 9.59 Å². The number of alkyl halides is 3. The van der Waals surface area contributed by atoms with Crippen molar-refractivity contribution >= 4 is 23.5 Å². The van der Waals surface area contributed by atoms with Crippen LogP contribution >= 0.6 is 0 Å². The summed E-state index contributed by atoms with van der Waals surface area (Å²) in [5.74, 6) is -4.05. The summed E-state index contributed by atoms with van der Waals surface area (Å²) < 4.78 is 36.0. The molecule has 0 unspecified atom stereocenters. The largest absolute Gasteiger partial charge is 0.480 e. The van der Waals surface area contributed by atoms with E-state index in [9.17, 15) is 27.6 Å². The summed E-state index contributed by atoms with van der Waals surface area (Å²) in [6.07, 6.45) is -5.00. The fourth-order valence-electron chi connectivity index (χ4n) is 1.16. The third kappa shape index (κ3) is 4.59. The van der Waals surface area contributed by atoms with Crippen molar-refractivity contribution in [1.29, 1.82) is 0 Å². The Kier molecular flexibility index (Phi) is 4.68. The number of carbonyl (C=O) groups is 3. The molecule has 0 aliphatic heterocycles. The zero-order valence-electron chi connectivity index (χ0n) is 9.82. The van der Waals surface area contributed by atoms with E-state index in [0.29, 0.717) is 0 Å². The maximum atomic E-state index is 12.0. The van der Waals surface area contributed by atoms with Crippen molar-refractivity contribution in [2.45, 2.75) is 6.18 Å². The van der Waals surface area contributed by atoms with Crippen LogP contribution in [0.25, 0.3) is 0 Å². The molecule has 0 atom stereocenters. The second-order valence-electron chi connectivity index (χ2n) is 3.61. The Bertz CT molecular complexity index is 525. The fourth-order valence-corrected chi connectivity index (χ4v) is 1.16. The molecule has 9 heteroatoms. The summed E-state index contributed by atoms with van der Waals surface area (Å²) in [5.41, 5.74) is -0.0848. The Morgan fingerprint density at radius 3 is 2.10 bits per heavy atom. The summed E-state index contributed by atoms with van der Waals surface area (Å²) in [6.45, 7) is -0.578. The highest BCUT2D eigenvalue weighted by atomic mass is 19.4. The fraction of sp³-hybridized carbons (Fsp3) is 0.182. The Labute approximate surface area is 110 Å². The first-order valence-electron chi connectivity index (χ1n) is 5.18. The van der Waals surface area contributed by atoms with Crippen LogP contribution in [0.15, 0.2) is 24.3 Å². The molecule has 0 spiro atoms. The van der Waals surface area contributed by atoms with E-state index in [-0.39, 0.29) is 11.3 Å². The molecule has 0 radical (unpaired) electrons. The zero-order chi connectivity index (χ0) is 15.3. The Morgan fingerprint density at radius 2 is 1.65 bits per heavy atom. The van der Waals surface area contributed by atoms with Crippen LogP contribution in [-0.4, -0.2) is 35.6 Å². The van der Waals surface area contributed by atoms with Gasteiger partial charge in [-0.2, -0.15) is 13.2 Å². The highest BCUT2D eigenvalue weighted by Gasteiger charge is 2.38.